The van der Waals surface area contributed by atoms with Gasteiger partial charge in [-0.15, -0.1) is 0 Å². The van der Waals surface area contributed by atoms with Crippen molar-refractivity contribution in [3.8, 4) is 0 Å². The largest absolute Gasteiger partial charge is 0.368 e. The zero-order valence-electron chi connectivity index (χ0n) is 16.6. The standard InChI is InChI=1S/C21H28FN5O/c1-3-9-26(10-4-2)20(28)17-15-23-21(24-16-17)27-13-11-25(12-14-27)19-7-5-18(22)6-8-19/h5-8,15-16H,3-4,9-14H2,1-2H3. The minimum atomic E-state index is -0.220. The van der Waals surface area contributed by atoms with Gasteiger partial charge in [-0.1, -0.05) is 13.8 Å². The highest BCUT2D eigenvalue weighted by atomic mass is 19.1. The molecule has 6 nitrogen and oxygen atoms in total. The Bertz CT molecular complexity index is 751. The van der Waals surface area contributed by atoms with Crippen molar-refractivity contribution in [3.63, 3.8) is 0 Å². The third kappa shape index (κ3) is 4.77. The fourth-order valence-corrected chi connectivity index (χ4v) is 3.45. The van der Waals surface area contributed by atoms with Crippen LogP contribution in [-0.4, -0.2) is 60.0 Å². The van der Waals surface area contributed by atoms with Gasteiger partial charge in [0.25, 0.3) is 5.91 Å². The van der Waals surface area contributed by atoms with Gasteiger partial charge in [0.2, 0.25) is 5.95 Å². The molecule has 0 bridgehead atoms. The molecule has 7 heteroatoms. The number of anilines is 2. The van der Waals surface area contributed by atoms with Crippen LogP contribution in [0.4, 0.5) is 16.0 Å². The Morgan fingerprint density at radius 1 is 0.964 bits per heavy atom. The maximum Gasteiger partial charge on any atom is 0.256 e. The highest BCUT2D eigenvalue weighted by Crippen LogP contribution is 2.19. The molecule has 1 aliphatic rings. The van der Waals surface area contributed by atoms with Crippen LogP contribution in [-0.2, 0) is 0 Å². The molecule has 1 aromatic heterocycles. The molecule has 1 saturated heterocycles. The van der Waals surface area contributed by atoms with Crippen molar-refractivity contribution < 1.29 is 9.18 Å². The van der Waals surface area contributed by atoms with Gasteiger partial charge in [-0.2, -0.15) is 0 Å². The summed E-state index contributed by atoms with van der Waals surface area (Å²) >= 11 is 0. The quantitative estimate of drug-likeness (QED) is 0.733. The monoisotopic (exact) mass is 385 g/mol. The van der Waals surface area contributed by atoms with Crippen molar-refractivity contribution in [2.45, 2.75) is 26.7 Å². The number of carbonyl (C=O) groups excluding carboxylic acids is 1. The van der Waals surface area contributed by atoms with E-state index < -0.39 is 0 Å². The summed E-state index contributed by atoms with van der Waals surface area (Å²) < 4.78 is 13.1. The predicted octanol–water partition coefficient (Wildman–Crippen LogP) is 3.20. The second-order valence-electron chi connectivity index (χ2n) is 7.01. The first kappa shape index (κ1) is 20.0. The summed E-state index contributed by atoms with van der Waals surface area (Å²) in [5, 5.41) is 0. The van der Waals surface area contributed by atoms with E-state index in [1.54, 1.807) is 24.5 Å². The zero-order valence-corrected chi connectivity index (χ0v) is 16.6. The molecule has 1 fully saturated rings. The fraction of sp³-hybridized carbons (Fsp3) is 0.476. The Labute approximate surface area is 166 Å². The third-order valence-corrected chi connectivity index (χ3v) is 4.91. The summed E-state index contributed by atoms with van der Waals surface area (Å²) in [4.78, 5) is 27.7. The highest BCUT2D eigenvalue weighted by Gasteiger charge is 2.20. The molecule has 28 heavy (non-hydrogen) atoms. The molecule has 0 unspecified atom stereocenters. The predicted molar refractivity (Wildman–Crippen MR) is 109 cm³/mol. The number of hydrogen-bond acceptors (Lipinski definition) is 5. The van der Waals surface area contributed by atoms with Gasteiger partial charge in [0.05, 0.1) is 5.56 Å². The molecular weight excluding hydrogens is 357 g/mol. The van der Waals surface area contributed by atoms with Crippen molar-refractivity contribution in [2.24, 2.45) is 0 Å². The smallest absolute Gasteiger partial charge is 0.256 e. The first-order valence-corrected chi connectivity index (χ1v) is 9.99. The lowest BCUT2D eigenvalue weighted by Gasteiger charge is -2.36. The number of nitrogens with zero attached hydrogens (tertiary/aromatic N) is 5. The molecule has 1 aliphatic heterocycles. The minimum absolute atomic E-state index is 0.00335. The molecule has 150 valence electrons. The van der Waals surface area contributed by atoms with E-state index in [0.29, 0.717) is 11.5 Å². The van der Waals surface area contributed by atoms with E-state index in [-0.39, 0.29) is 11.7 Å². The Morgan fingerprint density at radius 2 is 1.50 bits per heavy atom. The summed E-state index contributed by atoms with van der Waals surface area (Å²) in [6, 6.07) is 6.59. The molecule has 0 radical (unpaired) electrons. The molecule has 1 aromatic carbocycles. The summed E-state index contributed by atoms with van der Waals surface area (Å²) in [5.41, 5.74) is 1.56. The van der Waals surface area contributed by atoms with E-state index in [1.807, 2.05) is 4.90 Å². The first-order valence-electron chi connectivity index (χ1n) is 9.99. The zero-order chi connectivity index (χ0) is 19.9. The van der Waals surface area contributed by atoms with E-state index in [9.17, 15) is 9.18 Å². The van der Waals surface area contributed by atoms with E-state index in [0.717, 1.165) is 57.8 Å². The van der Waals surface area contributed by atoms with Gasteiger partial charge >= 0.3 is 0 Å². The molecule has 0 N–H and O–H groups in total. The molecule has 0 spiro atoms. The van der Waals surface area contributed by atoms with Crippen LogP contribution in [0.3, 0.4) is 0 Å². The summed E-state index contributed by atoms with van der Waals surface area (Å²) in [7, 11) is 0. The third-order valence-electron chi connectivity index (χ3n) is 4.91. The lowest BCUT2D eigenvalue weighted by atomic mass is 10.2. The molecular formula is C21H28FN5O. The maximum atomic E-state index is 13.1. The lowest BCUT2D eigenvalue weighted by Crippen LogP contribution is -2.47. The van der Waals surface area contributed by atoms with Gasteiger partial charge < -0.3 is 14.7 Å². The second-order valence-corrected chi connectivity index (χ2v) is 7.01. The molecule has 0 saturated carbocycles. The minimum Gasteiger partial charge on any atom is -0.368 e. The number of rotatable bonds is 7. The summed E-state index contributed by atoms with van der Waals surface area (Å²) in [6.45, 7) is 8.83. The Kier molecular flexibility index (Phi) is 6.79. The Morgan fingerprint density at radius 3 is 2.04 bits per heavy atom. The van der Waals surface area contributed by atoms with Crippen LogP contribution in [0, 0.1) is 5.82 Å². The topological polar surface area (TPSA) is 52.6 Å². The maximum absolute atomic E-state index is 13.1. The highest BCUT2D eigenvalue weighted by molar-refractivity contribution is 5.93. The van der Waals surface area contributed by atoms with Crippen LogP contribution in [0.5, 0.6) is 0 Å². The van der Waals surface area contributed by atoms with Gasteiger partial charge in [-0.25, -0.2) is 14.4 Å². The first-order chi connectivity index (χ1) is 13.6. The average Bonchev–Trinajstić information content (AvgIpc) is 2.74. The van der Waals surface area contributed by atoms with Gasteiger partial charge in [0, 0.05) is 57.3 Å². The van der Waals surface area contributed by atoms with Crippen molar-refractivity contribution in [1.29, 1.82) is 0 Å². The van der Waals surface area contributed by atoms with E-state index in [2.05, 4.69) is 33.6 Å². The van der Waals surface area contributed by atoms with Crippen LogP contribution in [0.2, 0.25) is 0 Å². The van der Waals surface area contributed by atoms with Crippen molar-refractivity contribution in [3.05, 3.63) is 48.0 Å². The number of carbonyl (C=O) groups is 1. The van der Waals surface area contributed by atoms with E-state index in [4.69, 9.17) is 0 Å². The number of piperazine rings is 1. The van der Waals surface area contributed by atoms with Crippen molar-refractivity contribution in [1.82, 2.24) is 14.9 Å². The molecule has 2 aromatic rings. The summed E-state index contributed by atoms with van der Waals surface area (Å²) in [5.74, 6) is 0.422. The van der Waals surface area contributed by atoms with Crippen LogP contribution in [0.25, 0.3) is 0 Å². The SMILES string of the molecule is CCCN(CCC)C(=O)c1cnc(N2CCN(c3ccc(F)cc3)CC2)nc1. The van der Waals surface area contributed by atoms with Gasteiger partial charge in [0.15, 0.2) is 0 Å². The average molecular weight is 385 g/mol. The molecule has 3 rings (SSSR count). The Balaban J connectivity index is 1.60. The number of halogens is 1. The van der Waals surface area contributed by atoms with E-state index in [1.165, 1.54) is 12.1 Å². The van der Waals surface area contributed by atoms with Crippen molar-refractivity contribution >= 4 is 17.5 Å². The van der Waals surface area contributed by atoms with Gasteiger partial charge in [0.1, 0.15) is 5.82 Å². The van der Waals surface area contributed by atoms with E-state index >= 15 is 0 Å². The van der Waals surface area contributed by atoms with Crippen LogP contribution in [0.1, 0.15) is 37.0 Å². The van der Waals surface area contributed by atoms with Gasteiger partial charge in [-0.3, -0.25) is 4.79 Å². The van der Waals surface area contributed by atoms with Gasteiger partial charge in [-0.05, 0) is 37.1 Å². The number of aromatic nitrogens is 2. The Hall–Kier alpha value is -2.70. The van der Waals surface area contributed by atoms with Crippen molar-refractivity contribution in [2.75, 3.05) is 49.1 Å². The molecule has 1 amide bonds. The van der Waals surface area contributed by atoms with Crippen LogP contribution >= 0.6 is 0 Å². The number of hydrogen-bond donors (Lipinski definition) is 0. The van der Waals surface area contributed by atoms with Crippen LogP contribution in [0.15, 0.2) is 36.7 Å². The number of benzene rings is 1. The lowest BCUT2D eigenvalue weighted by molar-refractivity contribution is 0.0754. The number of amides is 1. The second kappa shape index (κ2) is 9.48. The fourth-order valence-electron chi connectivity index (χ4n) is 3.45. The molecule has 2 heterocycles. The normalized spacial score (nSPS) is 14.2. The summed E-state index contributed by atoms with van der Waals surface area (Å²) in [6.07, 6.45) is 5.14. The molecule has 0 atom stereocenters. The van der Waals surface area contributed by atoms with Crippen LogP contribution < -0.4 is 9.80 Å². The molecule has 0 aliphatic carbocycles.